The molecule has 1 aliphatic carbocycles. The van der Waals surface area contributed by atoms with Crippen LogP contribution in [0.3, 0.4) is 0 Å². The smallest absolute Gasteiger partial charge is 0.124 e. The van der Waals surface area contributed by atoms with Gasteiger partial charge in [-0.1, -0.05) is 29.8 Å². The summed E-state index contributed by atoms with van der Waals surface area (Å²) < 4.78 is 11.5. The van der Waals surface area contributed by atoms with Crippen LogP contribution in [0.25, 0.3) is 0 Å². The third kappa shape index (κ3) is 3.65. The first-order valence-electron chi connectivity index (χ1n) is 7.03. The van der Waals surface area contributed by atoms with Gasteiger partial charge in [0.15, 0.2) is 0 Å². The minimum Gasteiger partial charge on any atom is -0.497 e. The maximum Gasteiger partial charge on any atom is 0.124 e. The highest BCUT2D eigenvalue weighted by Crippen LogP contribution is 2.34. The van der Waals surface area contributed by atoms with Crippen molar-refractivity contribution in [3.05, 3.63) is 23.8 Å². The van der Waals surface area contributed by atoms with Crippen LogP contribution in [0.5, 0.6) is 11.5 Å². The largest absolute Gasteiger partial charge is 0.497 e. The molecule has 2 rings (SSSR count). The summed E-state index contributed by atoms with van der Waals surface area (Å²) in [4.78, 5) is 0. The Kier molecular flexibility index (Phi) is 5.14. The van der Waals surface area contributed by atoms with E-state index in [1.807, 2.05) is 18.2 Å². The lowest BCUT2D eigenvalue weighted by Gasteiger charge is -2.32. The molecule has 106 valence electrons. The Balaban J connectivity index is 2.06. The van der Waals surface area contributed by atoms with E-state index in [1.54, 1.807) is 7.11 Å². The number of methoxy groups -OCH3 is 1. The first-order chi connectivity index (χ1) is 9.13. The Labute approximate surface area is 124 Å². The van der Waals surface area contributed by atoms with Crippen molar-refractivity contribution in [2.45, 2.75) is 44.5 Å². The topological polar surface area (TPSA) is 18.5 Å². The minimum absolute atomic E-state index is 0.359. The average Bonchev–Trinajstić information content (AvgIpc) is 2.43. The minimum atomic E-state index is 0.359. The van der Waals surface area contributed by atoms with Crippen LogP contribution in [0.2, 0.25) is 0 Å². The van der Waals surface area contributed by atoms with E-state index in [9.17, 15) is 0 Å². The highest BCUT2D eigenvalue weighted by Gasteiger charge is 2.26. The number of hydrogen-bond donors (Lipinski definition) is 0. The van der Waals surface area contributed by atoms with E-state index < -0.39 is 0 Å². The highest BCUT2D eigenvalue weighted by atomic mass is 79.9. The van der Waals surface area contributed by atoms with E-state index in [0.29, 0.717) is 6.10 Å². The number of benzene rings is 1. The Morgan fingerprint density at radius 2 is 2.00 bits per heavy atom. The summed E-state index contributed by atoms with van der Waals surface area (Å²) in [7, 11) is 1.69. The summed E-state index contributed by atoms with van der Waals surface area (Å²) >= 11 is 3.52. The zero-order valence-electron chi connectivity index (χ0n) is 12.0. The molecular formula is C16H23BrO2. The van der Waals surface area contributed by atoms with Gasteiger partial charge < -0.3 is 9.47 Å². The van der Waals surface area contributed by atoms with E-state index in [1.165, 1.54) is 12.8 Å². The Morgan fingerprint density at radius 1 is 1.21 bits per heavy atom. The molecule has 2 nitrogen and oxygen atoms in total. The van der Waals surface area contributed by atoms with Crippen LogP contribution in [0.4, 0.5) is 0 Å². The monoisotopic (exact) mass is 326 g/mol. The van der Waals surface area contributed by atoms with Crippen molar-refractivity contribution in [3.63, 3.8) is 0 Å². The third-order valence-corrected chi connectivity index (χ3v) is 4.86. The zero-order chi connectivity index (χ0) is 13.8. The van der Waals surface area contributed by atoms with E-state index in [4.69, 9.17) is 9.47 Å². The Hall–Kier alpha value is -0.700. The van der Waals surface area contributed by atoms with Crippen LogP contribution in [0, 0.1) is 11.8 Å². The molecule has 3 heteroatoms. The van der Waals surface area contributed by atoms with E-state index in [-0.39, 0.29) is 0 Å². The number of halogens is 1. The maximum atomic E-state index is 6.21. The van der Waals surface area contributed by atoms with Crippen molar-refractivity contribution in [2.24, 2.45) is 11.8 Å². The summed E-state index contributed by atoms with van der Waals surface area (Å²) in [5.41, 5.74) is 1.16. The van der Waals surface area contributed by atoms with Gasteiger partial charge in [-0.15, -0.1) is 0 Å². The van der Waals surface area contributed by atoms with Crippen molar-refractivity contribution in [2.75, 3.05) is 7.11 Å². The average molecular weight is 327 g/mol. The molecule has 1 saturated carbocycles. The zero-order valence-corrected chi connectivity index (χ0v) is 13.6. The maximum absolute atomic E-state index is 6.21. The summed E-state index contributed by atoms with van der Waals surface area (Å²) in [6, 6.07) is 6.04. The van der Waals surface area contributed by atoms with Crippen molar-refractivity contribution < 1.29 is 9.47 Å². The molecule has 3 atom stereocenters. The lowest BCUT2D eigenvalue weighted by atomic mass is 9.80. The lowest BCUT2D eigenvalue weighted by Crippen LogP contribution is -2.29. The second-order valence-electron chi connectivity index (χ2n) is 5.61. The third-order valence-electron chi connectivity index (χ3n) is 4.26. The summed E-state index contributed by atoms with van der Waals surface area (Å²) in [5.74, 6) is 3.45. The summed E-state index contributed by atoms with van der Waals surface area (Å²) in [6.45, 7) is 4.68. The number of hydrogen-bond acceptors (Lipinski definition) is 2. The van der Waals surface area contributed by atoms with Crippen LogP contribution in [0.15, 0.2) is 18.2 Å². The van der Waals surface area contributed by atoms with Gasteiger partial charge in [-0.2, -0.15) is 0 Å². The second-order valence-corrected chi connectivity index (χ2v) is 6.18. The van der Waals surface area contributed by atoms with Crippen molar-refractivity contribution in [3.8, 4) is 11.5 Å². The van der Waals surface area contributed by atoms with Crippen LogP contribution in [0.1, 0.15) is 38.7 Å². The van der Waals surface area contributed by atoms with Gasteiger partial charge >= 0.3 is 0 Å². The molecule has 0 saturated heterocycles. The molecule has 0 N–H and O–H groups in total. The molecule has 0 aliphatic heterocycles. The van der Waals surface area contributed by atoms with Gasteiger partial charge in [-0.05, 0) is 49.3 Å². The molecular weight excluding hydrogens is 304 g/mol. The summed E-state index contributed by atoms with van der Waals surface area (Å²) in [5, 5.41) is 0.790. The fraction of sp³-hybridized carbons (Fsp3) is 0.625. The van der Waals surface area contributed by atoms with Gasteiger partial charge in [0.2, 0.25) is 0 Å². The Morgan fingerprint density at radius 3 is 2.63 bits per heavy atom. The predicted octanol–water partition coefficient (Wildman–Crippen LogP) is 4.79. The molecule has 1 aliphatic rings. The number of alkyl halides is 1. The Bertz CT molecular complexity index is 419. The molecule has 0 aromatic heterocycles. The molecule has 1 aromatic carbocycles. The van der Waals surface area contributed by atoms with Gasteiger partial charge in [-0.25, -0.2) is 0 Å². The molecule has 0 spiro atoms. The predicted molar refractivity (Wildman–Crippen MR) is 82.2 cm³/mol. The van der Waals surface area contributed by atoms with Crippen molar-refractivity contribution in [1.82, 2.24) is 0 Å². The van der Waals surface area contributed by atoms with E-state index >= 15 is 0 Å². The first-order valence-corrected chi connectivity index (χ1v) is 8.15. The van der Waals surface area contributed by atoms with Crippen LogP contribution in [-0.2, 0) is 5.33 Å². The molecule has 1 aromatic rings. The van der Waals surface area contributed by atoms with E-state index in [0.717, 1.165) is 40.6 Å². The van der Waals surface area contributed by atoms with Crippen LogP contribution >= 0.6 is 15.9 Å². The summed E-state index contributed by atoms with van der Waals surface area (Å²) in [6.07, 6.45) is 3.96. The van der Waals surface area contributed by atoms with Gasteiger partial charge in [0, 0.05) is 10.9 Å². The highest BCUT2D eigenvalue weighted by molar-refractivity contribution is 9.08. The van der Waals surface area contributed by atoms with Crippen LogP contribution in [-0.4, -0.2) is 13.2 Å². The van der Waals surface area contributed by atoms with Crippen LogP contribution < -0.4 is 9.47 Å². The normalized spacial score (nSPS) is 27.1. The SMILES string of the molecule is COc1ccc(OC2CCC(C)C(C)C2)c(CBr)c1. The first kappa shape index (κ1) is 14.7. The molecule has 0 bridgehead atoms. The number of ether oxygens (including phenoxy) is 2. The van der Waals surface area contributed by atoms with Gasteiger partial charge in [0.05, 0.1) is 13.2 Å². The van der Waals surface area contributed by atoms with Gasteiger partial charge in [0.25, 0.3) is 0 Å². The lowest BCUT2D eigenvalue weighted by molar-refractivity contribution is 0.0998. The standard InChI is InChI=1S/C16H23BrO2/c1-11-4-5-15(8-12(11)2)19-16-7-6-14(18-3)9-13(16)10-17/h6-7,9,11-12,15H,4-5,8,10H2,1-3H3. The molecule has 0 radical (unpaired) electrons. The molecule has 0 heterocycles. The fourth-order valence-electron chi connectivity index (χ4n) is 2.69. The van der Waals surface area contributed by atoms with Crippen molar-refractivity contribution in [1.29, 1.82) is 0 Å². The fourth-order valence-corrected chi connectivity index (χ4v) is 3.13. The van der Waals surface area contributed by atoms with Crippen molar-refractivity contribution >= 4 is 15.9 Å². The quantitative estimate of drug-likeness (QED) is 0.740. The second kappa shape index (κ2) is 6.65. The molecule has 19 heavy (non-hydrogen) atoms. The number of rotatable bonds is 4. The van der Waals surface area contributed by atoms with Gasteiger partial charge in [0.1, 0.15) is 11.5 Å². The van der Waals surface area contributed by atoms with E-state index in [2.05, 4.69) is 29.8 Å². The molecule has 0 amide bonds. The van der Waals surface area contributed by atoms with Gasteiger partial charge in [-0.3, -0.25) is 0 Å². The molecule has 1 fully saturated rings. The molecule has 3 unspecified atom stereocenters.